The van der Waals surface area contributed by atoms with Crippen LogP contribution in [0.15, 0.2) is 139 Å². The summed E-state index contributed by atoms with van der Waals surface area (Å²) in [5.74, 6) is -10.6. The first-order valence-electron chi connectivity index (χ1n) is 34.7. The van der Waals surface area contributed by atoms with Crippen LogP contribution in [0.5, 0.6) is 0 Å². The molecule has 105 heavy (non-hydrogen) atoms. The molecule has 1 saturated heterocycles. The first kappa shape index (κ1) is 78.5. The number of carbonyl (C=O) groups is 13. The first-order valence-corrected chi connectivity index (χ1v) is 34.7. The van der Waals surface area contributed by atoms with Crippen molar-refractivity contribution < 1.29 is 106 Å². The molecular weight excluding hydrogens is 1360 g/mol. The maximum absolute atomic E-state index is 16.0. The highest BCUT2D eigenvalue weighted by Gasteiger charge is 2.78. The molecule has 4 aromatic rings. The van der Waals surface area contributed by atoms with E-state index in [0.29, 0.717) is 24.8 Å². The Balaban J connectivity index is 0.983. The second-order valence-electron chi connectivity index (χ2n) is 27.9. The van der Waals surface area contributed by atoms with Gasteiger partial charge in [-0.3, -0.25) is 48.1 Å². The predicted octanol–water partition coefficient (Wildman–Crippen LogP) is 5.59. The van der Waals surface area contributed by atoms with Crippen LogP contribution in [0.1, 0.15) is 145 Å². The zero-order valence-electron chi connectivity index (χ0n) is 59.5. The summed E-state index contributed by atoms with van der Waals surface area (Å²) in [5, 5.41) is 40.0. The fourth-order valence-electron chi connectivity index (χ4n) is 14.7. The van der Waals surface area contributed by atoms with Gasteiger partial charge in [-0.1, -0.05) is 113 Å². The van der Waals surface area contributed by atoms with Crippen LogP contribution in [0, 0.1) is 22.7 Å². The van der Waals surface area contributed by atoms with Crippen LogP contribution >= 0.6 is 0 Å². The van der Waals surface area contributed by atoms with Gasteiger partial charge in [-0.15, -0.1) is 0 Å². The summed E-state index contributed by atoms with van der Waals surface area (Å²) >= 11 is 0. The van der Waals surface area contributed by atoms with Crippen molar-refractivity contribution in [2.75, 3.05) is 25.0 Å². The highest BCUT2D eigenvalue weighted by Crippen LogP contribution is 2.64. The molecule has 5 aliphatic rings. The van der Waals surface area contributed by atoms with Gasteiger partial charge in [0.25, 0.3) is 17.7 Å². The molecule has 2 aliphatic heterocycles. The van der Waals surface area contributed by atoms with Gasteiger partial charge < -0.3 is 75.7 Å². The molecule has 0 spiro atoms. The van der Waals surface area contributed by atoms with Gasteiger partial charge in [0.1, 0.15) is 48.6 Å². The SMILES string of the molecule is CC(=O)O[C@H]1C(=O)[C@@]2(C)[C@H]([C@H](OC(=O)c3ccccc3)[C@]3(O)C[C@H](OC(=O)[C@H](OC(=O)OCc4ccc(NC(=O)[C@H](CCCNC(N)=O)NC(=O)[C@@H](NC(=O)CCCCCN5C(=O)C=CC5=O)C(C)C)cc4)[C@@H](NC(=O)c4ccccc4)c4ccccc4)C(C)=C1C3(C)C)[C@]1(OC(C)=O)CO[C@@H]1C[C@@H]2O. The number of amides is 8. The summed E-state index contributed by atoms with van der Waals surface area (Å²) < 4.78 is 42.7. The molecular formula is C76H89N7O22. The minimum atomic E-state index is -2.58. The zero-order chi connectivity index (χ0) is 76.3. The van der Waals surface area contributed by atoms with Gasteiger partial charge in [0, 0.05) is 75.0 Å². The number of aliphatic hydroxyl groups excluding tert-OH is 1. The molecule has 2 saturated carbocycles. The van der Waals surface area contributed by atoms with Crippen molar-refractivity contribution in [3.8, 4) is 0 Å². The molecule has 29 nitrogen and oxygen atoms in total. The Morgan fingerprint density at radius 2 is 1.36 bits per heavy atom. The third kappa shape index (κ3) is 17.4. The van der Waals surface area contributed by atoms with Crippen LogP contribution in [0.25, 0.3) is 0 Å². The number of ether oxygens (including phenoxy) is 7. The highest BCUT2D eigenvalue weighted by molar-refractivity contribution is 6.13. The molecule has 2 heterocycles. The number of Topliss-reactive ketones (excluding diaryl/α,β-unsaturated/α-hetero) is 1. The van der Waals surface area contributed by atoms with E-state index in [1.165, 1.54) is 101 Å². The Labute approximate surface area is 606 Å². The first-order chi connectivity index (χ1) is 49.8. The third-order valence-electron chi connectivity index (χ3n) is 20.3. The van der Waals surface area contributed by atoms with Gasteiger partial charge in [0.15, 0.2) is 17.5 Å². The van der Waals surface area contributed by atoms with Crippen LogP contribution in [0.2, 0.25) is 0 Å². The number of nitrogens with one attached hydrogen (secondary N) is 5. The third-order valence-corrected chi connectivity index (χ3v) is 20.3. The normalized spacial score (nSPS) is 24.6. The van der Waals surface area contributed by atoms with E-state index in [1.54, 1.807) is 68.4 Å². The number of rotatable bonds is 29. The molecule has 2 bridgehead atoms. The van der Waals surface area contributed by atoms with Gasteiger partial charge in [-0.2, -0.15) is 0 Å². The number of fused-ring (bicyclic) bond motifs is 5. The fourth-order valence-corrected chi connectivity index (χ4v) is 14.7. The van der Waals surface area contributed by atoms with Crippen LogP contribution in [-0.4, -0.2) is 172 Å². The molecule has 0 aromatic heterocycles. The topological polar surface area (TPSA) is 416 Å². The van der Waals surface area contributed by atoms with E-state index in [1.807, 2.05) is 0 Å². The van der Waals surface area contributed by atoms with Gasteiger partial charge in [0.2, 0.25) is 23.8 Å². The maximum Gasteiger partial charge on any atom is 0.509 e. The van der Waals surface area contributed by atoms with E-state index < -0.39 is 186 Å². The number of urea groups is 1. The summed E-state index contributed by atoms with van der Waals surface area (Å²) in [5.41, 5.74) is -2.47. The summed E-state index contributed by atoms with van der Waals surface area (Å²) in [6.07, 6.45) is -9.15. The van der Waals surface area contributed by atoms with E-state index in [2.05, 4.69) is 26.6 Å². The minimum Gasteiger partial charge on any atom is -0.455 e. The highest BCUT2D eigenvalue weighted by atomic mass is 16.7. The quantitative estimate of drug-likeness (QED) is 0.0108. The van der Waals surface area contributed by atoms with E-state index in [4.69, 9.17) is 38.9 Å². The number of aliphatic hydroxyl groups is 2. The van der Waals surface area contributed by atoms with E-state index in [9.17, 15) is 63.0 Å². The number of hydrogen-bond acceptors (Lipinski definition) is 22. The lowest BCUT2D eigenvalue weighted by Crippen LogP contribution is -2.82. The molecule has 560 valence electrons. The van der Waals surface area contributed by atoms with E-state index in [-0.39, 0.29) is 72.3 Å². The lowest BCUT2D eigenvalue weighted by atomic mass is 9.44. The van der Waals surface area contributed by atoms with Crippen LogP contribution < -0.4 is 32.3 Å². The number of ketones is 1. The van der Waals surface area contributed by atoms with Crippen LogP contribution in [0.4, 0.5) is 15.3 Å². The average Bonchev–Trinajstić information content (AvgIpc) is 0.681. The Hall–Kier alpha value is -10.7. The second kappa shape index (κ2) is 33.4. The van der Waals surface area contributed by atoms with Gasteiger partial charge in [-0.25, -0.2) is 19.2 Å². The zero-order valence-corrected chi connectivity index (χ0v) is 59.5. The van der Waals surface area contributed by atoms with Crippen molar-refractivity contribution in [3.05, 3.63) is 161 Å². The average molecular weight is 1450 g/mol. The van der Waals surface area contributed by atoms with Crippen molar-refractivity contribution in [2.24, 2.45) is 28.4 Å². The molecule has 0 radical (unpaired) electrons. The molecule has 9 rings (SSSR count). The Kier molecular flexibility index (Phi) is 25.0. The van der Waals surface area contributed by atoms with Gasteiger partial charge in [-0.05, 0) is 104 Å². The molecule has 4 aromatic carbocycles. The number of carbonyl (C=O) groups excluding carboxylic acids is 13. The fraction of sp³-hybridized carbons (Fsp3) is 0.461. The number of primary amides is 1. The molecule has 13 atom stereocenters. The summed E-state index contributed by atoms with van der Waals surface area (Å²) in [7, 11) is 0. The number of benzene rings is 4. The Morgan fingerprint density at radius 3 is 1.95 bits per heavy atom. The largest absolute Gasteiger partial charge is 0.509 e. The van der Waals surface area contributed by atoms with Crippen molar-refractivity contribution in [2.45, 2.75) is 179 Å². The molecule has 8 amide bonds. The molecule has 0 unspecified atom stereocenters. The monoisotopic (exact) mass is 1450 g/mol. The number of nitrogens with two attached hydrogens (primary N) is 1. The summed E-state index contributed by atoms with van der Waals surface area (Å²) in [4.78, 5) is 179. The Morgan fingerprint density at radius 1 is 0.733 bits per heavy atom. The molecule has 3 aliphatic carbocycles. The second-order valence-corrected chi connectivity index (χ2v) is 27.9. The van der Waals surface area contributed by atoms with E-state index >= 15 is 9.59 Å². The van der Waals surface area contributed by atoms with Crippen molar-refractivity contribution in [1.29, 1.82) is 0 Å². The number of unbranched alkanes of at least 4 members (excludes halogenated alkanes) is 2. The van der Waals surface area contributed by atoms with Crippen molar-refractivity contribution in [1.82, 2.24) is 26.2 Å². The lowest BCUT2D eigenvalue weighted by molar-refractivity contribution is -0.346. The molecule has 29 heteroatoms. The van der Waals surface area contributed by atoms with Gasteiger partial charge in [0.05, 0.1) is 29.6 Å². The summed E-state index contributed by atoms with van der Waals surface area (Å²) in [6.45, 7) is 10.7. The summed E-state index contributed by atoms with van der Waals surface area (Å²) in [6, 6.07) is 24.6. The maximum atomic E-state index is 16.0. The molecule has 9 N–H and O–H groups in total. The predicted molar refractivity (Wildman–Crippen MR) is 372 cm³/mol. The number of imide groups is 1. The van der Waals surface area contributed by atoms with Crippen molar-refractivity contribution in [3.63, 3.8) is 0 Å². The number of esters is 4. The van der Waals surface area contributed by atoms with Crippen LogP contribution in [-0.2, 0) is 82.9 Å². The minimum absolute atomic E-state index is 0.00235. The lowest BCUT2D eigenvalue weighted by Gasteiger charge is -2.67. The van der Waals surface area contributed by atoms with Crippen molar-refractivity contribution >= 4 is 83.0 Å². The number of hydrogen-bond donors (Lipinski definition) is 8. The van der Waals surface area contributed by atoms with Gasteiger partial charge >= 0.3 is 36.1 Å². The number of anilines is 1. The van der Waals surface area contributed by atoms with Crippen LogP contribution in [0.3, 0.4) is 0 Å². The smallest absolute Gasteiger partial charge is 0.455 e. The number of nitrogens with zero attached hydrogens (tertiary/aromatic N) is 1. The van der Waals surface area contributed by atoms with E-state index in [0.717, 1.165) is 18.7 Å². The standard InChI is InChI=1S/C76H89N7O22/c1-42(2)59(81-55(87)29-19-12-20-37-83-56(88)34-35-57(83)89)68(93)80-51(28-21-36-78-71(77)96)67(92)79-50-32-30-46(31-33-50)40-99-72(97)103-62(60(47-22-13-9-14-23-47)82-66(91)48-24-15-10-16-25-48)70(95)102-52-39-76(98)65(104-69(94)49-26-17-11-18-27-49)63-74(8,53(86)38-54-75(63,41-100-54)105-45(5)85)64(90)61(101-44(4)84)58(43(52)3)73(76,6)7/h9-11,13-18,22-27,30-35,42,51-54,59-63,65,86,98H,12,19-21,28-29,36-41H2,1-8H3,(H,79,92)(H,80,93)(H,81,87)(H,82,91)(H3,77,78,96)/t51-,52-,53-,54+,59-,60-,61+,62+,63-,65-,74+,75-,76+/m0/s1. The Bertz CT molecular complexity index is 4000. The molecule has 3 fully saturated rings.